The van der Waals surface area contributed by atoms with Crippen LogP contribution in [0.4, 0.5) is 4.79 Å². The van der Waals surface area contributed by atoms with Crippen molar-refractivity contribution in [3.05, 3.63) is 18.2 Å². The van der Waals surface area contributed by atoms with Crippen LogP contribution in [0.1, 0.15) is 97.6 Å². The van der Waals surface area contributed by atoms with Crippen LogP contribution < -0.4 is 53.7 Å². The molecule has 0 bridgehead atoms. The Labute approximate surface area is 371 Å². The number of H-pyrrole nitrogens is 1. The van der Waals surface area contributed by atoms with E-state index < -0.39 is 84.4 Å². The number of thioether (sulfide) groups is 1. The van der Waals surface area contributed by atoms with Crippen LogP contribution in [0.3, 0.4) is 0 Å². The second-order valence-corrected chi connectivity index (χ2v) is 17.8. The molecule has 2 saturated heterocycles. The van der Waals surface area contributed by atoms with Crippen LogP contribution >= 0.6 is 11.8 Å². The molecule has 3 rings (SSSR count). The zero-order chi connectivity index (χ0) is 46.5. The molecule has 0 spiro atoms. The number of nitrogens with zero attached hydrogens (tertiary/aromatic N) is 1. The smallest absolute Gasteiger partial charge is 0.315 e. The fourth-order valence-corrected chi connectivity index (χ4v) is 8.85. The molecule has 63 heavy (non-hydrogen) atoms. The molecule has 352 valence electrons. The SMILES string of the molecule is CC[C@H](C)[C@H](NC(=O)[C@H](Cc1cnc[nH]1)NC(=O)C(CC(=O)NO)CC(C)C)C(=O)NCC(=O)NCC(=O)N[C@@H](CCCCNC(=O)CCCC[C@@H]1SC[C@@H]2NC(=O)N[C@@H]21)C(N)=O. The summed E-state index contributed by atoms with van der Waals surface area (Å²) < 4.78 is 0. The molecule has 0 aromatic carbocycles. The number of amides is 10. The standard InChI is InChI=1S/C40H66N12O10S/c1-5-23(4)34(50-38(59)27(16-25-17-42-21-46-25)48-37(58)24(14-22(2)3)15-31(54)52-62)39(60)45-18-32(55)44-19-33(56)47-26(36(41)57)10-8-9-13-43-30(53)12-7-6-11-29-35-28(20-63-29)49-40(61)51-35/h17,21-24,26-29,34-35,62H,5-16,18-20H2,1-4H3,(H2,41,57)(H,42,46)(H,43,53)(H,44,55)(H,45,60)(H,47,56)(H,48,58)(H,50,59)(H,52,54)(H2,49,51,61)/t23-,24?,26-,27-,28-,29-,34-,35-/m0/s1. The third-order valence-electron chi connectivity index (χ3n) is 11.0. The molecule has 0 radical (unpaired) electrons. The van der Waals surface area contributed by atoms with E-state index >= 15 is 0 Å². The number of carbonyl (C=O) groups is 9. The average molecular weight is 907 g/mol. The van der Waals surface area contributed by atoms with Gasteiger partial charge in [-0.1, -0.05) is 40.5 Å². The topological polar surface area (TPSA) is 337 Å². The van der Waals surface area contributed by atoms with Gasteiger partial charge in [0.1, 0.15) is 18.1 Å². The molecule has 8 atom stereocenters. The first-order valence-electron chi connectivity index (χ1n) is 21.6. The third-order valence-corrected chi connectivity index (χ3v) is 12.5. The number of aromatic nitrogens is 2. The van der Waals surface area contributed by atoms with Gasteiger partial charge in [0.15, 0.2) is 0 Å². The van der Waals surface area contributed by atoms with Crippen LogP contribution in [0.2, 0.25) is 0 Å². The highest BCUT2D eigenvalue weighted by Crippen LogP contribution is 2.33. The molecule has 2 fully saturated rings. The van der Waals surface area contributed by atoms with Gasteiger partial charge in [0.05, 0.1) is 31.5 Å². The van der Waals surface area contributed by atoms with Gasteiger partial charge >= 0.3 is 6.03 Å². The van der Waals surface area contributed by atoms with Crippen LogP contribution in [0.15, 0.2) is 12.5 Å². The quantitative estimate of drug-likeness (QED) is 0.0194. The van der Waals surface area contributed by atoms with E-state index in [-0.39, 0.29) is 49.2 Å². The molecular formula is C40H66N12O10S. The molecule has 10 amide bonds. The lowest BCUT2D eigenvalue weighted by atomic mass is 9.92. The predicted molar refractivity (Wildman–Crippen MR) is 231 cm³/mol. The van der Waals surface area contributed by atoms with Crippen molar-refractivity contribution in [3.8, 4) is 0 Å². The summed E-state index contributed by atoms with van der Waals surface area (Å²) in [5.74, 6) is -5.41. The lowest BCUT2D eigenvalue weighted by molar-refractivity contribution is -0.137. The normalized spacial score (nSPS) is 18.9. The second-order valence-electron chi connectivity index (χ2n) is 16.5. The Bertz CT molecular complexity index is 1720. The van der Waals surface area contributed by atoms with E-state index in [0.717, 1.165) is 25.0 Å². The van der Waals surface area contributed by atoms with Crippen LogP contribution in [0, 0.1) is 17.8 Å². The summed E-state index contributed by atoms with van der Waals surface area (Å²) in [5.41, 5.74) is 7.53. The number of hydroxylamine groups is 1. The molecule has 22 nitrogen and oxygen atoms in total. The van der Waals surface area contributed by atoms with Gasteiger partial charge in [-0.15, -0.1) is 0 Å². The van der Waals surface area contributed by atoms with E-state index in [9.17, 15) is 43.2 Å². The number of urea groups is 1. The van der Waals surface area contributed by atoms with Crippen LogP contribution in [0.5, 0.6) is 0 Å². The minimum atomic E-state index is -1.20. The van der Waals surface area contributed by atoms with Gasteiger partial charge in [-0.25, -0.2) is 15.3 Å². The van der Waals surface area contributed by atoms with E-state index in [1.807, 2.05) is 25.6 Å². The Morgan fingerprint density at radius 1 is 0.857 bits per heavy atom. The first-order chi connectivity index (χ1) is 30.0. The lowest BCUT2D eigenvalue weighted by Crippen LogP contribution is -2.57. The van der Waals surface area contributed by atoms with Gasteiger partial charge in [0.25, 0.3) is 0 Å². The molecule has 3 heterocycles. The summed E-state index contributed by atoms with van der Waals surface area (Å²) in [4.78, 5) is 120. The Morgan fingerprint density at radius 3 is 2.27 bits per heavy atom. The lowest BCUT2D eigenvalue weighted by Gasteiger charge is -2.27. The summed E-state index contributed by atoms with van der Waals surface area (Å²) in [5, 5.41) is 30.8. The molecule has 13 N–H and O–H groups in total. The van der Waals surface area contributed by atoms with E-state index in [2.05, 4.69) is 52.5 Å². The number of primary amides is 1. The van der Waals surface area contributed by atoms with Crippen molar-refractivity contribution in [2.45, 2.75) is 134 Å². The first kappa shape index (κ1) is 51.9. The van der Waals surface area contributed by atoms with E-state index in [0.29, 0.717) is 49.6 Å². The molecule has 2 aliphatic heterocycles. The third kappa shape index (κ3) is 18.4. The average Bonchev–Trinajstić information content (AvgIpc) is 3.99. The minimum absolute atomic E-state index is 0.00743. The monoisotopic (exact) mass is 906 g/mol. The van der Waals surface area contributed by atoms with Gasteiger partial charge in [-0.3, -0.25) is 43.6 Å². The fourth-order valence-electron chi connectivity index (χ4n) is 7.31. The number of unbranched alkanes of at least 4 members (excludes halogenated alkanes) is 2. The van der Waals surface area contributed by atoms with Crippen molar-refractivity contribution in [3.63, 3.8) is 0 Å². The summed E-state index contributed by atoms with van der Waals surface area (Å²) in [6.07, 6.45) is 7.39. The van der Waals surface area contributed by atoms with Crippen molar-refractivity contribution in [1.82, 2.24) is 58.0 Å². The Balaban J connectivity index is 1.40. The maximum atomic E-state index is 13.7. The van der Waals surface area contributed by atoms with Crippen LogP contribution in [-0.2, 0) is 44.8 Å². The molecule has 0 saturated carbocycles. The molecule has 2 aliphatic rings. The van der Waals surface area contributed by atoms with Crippen molar-refractivity contribution in [1.29, 1.82) is 0 Å². The highest BCUT2D eigenvalue weighted by Gasteiger charge is 2.42. The second kappa shape index (κ2) is 26.9. The predicted octanol–water partition coefficient (Wildman–Crippen LogP) is -1.26. The Morgan fingerprint density at radius 2 is 1.60 bits per heavy atom. The number of aromatic amines is 1. The molecular weight excluding hydrogens is 841 g/mol. The van der Waals surface area contributed by atoms with Gasteiger partial charge in [-0.2, -0.15) is 11.8 Å². The van der Waals surface area contributed by atoms with Crippen molar-refractivity contribution in [2.75, 3.05) is 25.4 Å². The number of fused-ring (bicyclic) bond motifs is 1. The number of nitrogens with one attached hydrogen (secondary N) is 10. The van der Waals surface area contributed by atoms with Gasteiger partial charge in [0, 0.05) is 54.6 Å². The van der Waals surface area contributed by atoms with E-state index in [1.54, 1.807) is 13.8 Å². The van der Waals surface area contributed by atoms with Gasteiger partial charge in [-0.05, 0) is 50.4 Å². The number of hydrogen-bond donors (Lipinski definition) is 12. The number of nitrogens with two attached hydrogens (primary N) is 1. The minimum Gasteiger partial charge on any atom is -0.368 e. The summed E-state index contributed by atoms with van der Waals surface area (Å²) in [7, 11) is 0. The highest BCUT2D eigenvalue weighted by atomic mass is 32.2. The van der Waals surface area contributed by atoms with Gasteiger partial charge < -0.3 is 53.3 Å². The summed E-state index contributed by atoms with van der Waals surface area (Å²) >= 11 is 1.84. The maximum Gasteiger partial charge on any atom is 0.315 e. The largest absolute Gasteiger partial charge is 0.368 e. The summed E-state index contributed by atoms with van der Waals surface area (Å²) in [6.45, 7) is 6.57. The van der Waals surface area contributed by atoms with Crippen molar-refractivity contribution < 1.29 is 48.4 Å². The molecule has 1 unspecified atom stereocenters. The number of rotatable bonds is 29. The zero-order valence-electron chi connectivity index (χ0n) is 36.5. The highest BCUT2D eigenvalue weighted by molar-refractivity contribution is 8.00. The maximum absolute atomic E-state index is 13.7. The number of imidazole rings is 1. The number of hydrogen-bond acceptors (Lipinski definition) is 12. The fraction of sp³-hybridized carbons (Fsp3) is 0.700. The van der Waals surface area contributed by atoms with Crippen LogP contribution in [-0.4, -0.2) is 129 Å². The summed E-state index contributed by atoms with van der Waals surface area (Å²) in [6, 6.07) is -3.16. The van der Waals surface area contributed by atoms with E-state index in [1.165, 1.54) is 18.0 Å². The molecule has 1 aromatic heterocycles. The Hall–Kier alpha value is -5.45. The van der Waals surface area contributed by atoms with Crippen molar-refractivity contribution in [2.24, 2.45) is 23.5 Å². The molecule has 23 heteroatoms. The molecule has 0 aliphatic carbocycles. The van der Waals surface area contributed by atoms with Gasteiger partial charge in [0.2, 0.25) is 47.3 Å². The Kier molecular flexibility index (Phi) is 22.2. The molecule has 1 aromatic rings. The van der Waals surface area contributed by atoms with Crippen molar-refractivity contribution >= 4 is 65.1 Å². The van der Waals surface area contributed by atoms with Crippen LogP contribution in [0.25, 0.3) is 0 Å². The zero-order valence-corrected chi connectivity index (χ0v) is 37.3. The first-order valence-corrected chi connectivity index (χ1v) is 22.6. The number of carbonyl (C=O) groups excluding carboxylic acids is 9. The van der Waals surface area contributed by atoms with E-state index in [4.69, 9.17) is 10.9 Å².